The van der Waals surface area contributed by atoms with E-state index in [9.17, 15) is 10.1 Å². The summed E-state index contributed by atoms with van der Waals surface area (Å²) >= 11 is 0. The molecule has 2 fully saturated rings. The van der Waals surface area contributed by atoms with Gasteiger partial charge in [-0.15, -0.1) is 0 Å². The fourth-order valence-electron chi connectivity index (χ4n) is 3.47. The minimum atomic E-state index is -0.840. The third-order valence-corrected chi connectivity index (χ3v) is 5.38. The van der Waals surface area contributed by atoms with Gasteiger partial charge in [-0.3, -0.25) is 4.79 Å². The number of ether oxygens (including phenoxy) is 3. The van der Waals surface area contributed by atoms with Crippen LogP contribution in [-0.2, 0) is 14.9 Å². The van der Waals surface area contributed by atoms with Gasteiger partial charge >= 0.3 is 5.97 Å². The number of carbonyl (C=O) groups excluding carboxylic acids is 1. The molecule has 2 unspecified atom stereocenters. The van der Waals surface area contributed by atoms with Gasteiger partial charge in [0.15, 0.2) is 11.5 Å². The Morgan fingerprint density at radius 2 is 2.12 bits per heavy atom. The molecule has 0 radical (unpaired) electrons. The summed E-state index contributed by atoms with van der Waals surface area (Å²) in [5.41, 5.74) is 0.294. The van der Waals surface area contributed by atoms with E-state index in [1.54, 1.807) is 7.11 Å². The van der Waals surface area contributed by atoms with Crippen molar-refractivity contribution in [3.8, 4) is 17.6 Å². The molecule has 0 spiro atoms. The van der Waals surface area contributed by atoms with Gasteiger partial charge in [0.05, 0.1) is 38.2 Å². The van der Waals surface area contributed by atoms with Gasteiger partial charge in [0.25, 0.3) is 0 Å². The number of nitrogens with one attached hydrogen (secondary N) is 1. The Kier molecular flexibility index (Phi) is 5.17. The number of carbonyl (C=O) groups is 1. The minimum absolute atomic E-state index is 0.253. The van der Waals surface area contributed by atoms with Gasteiger partial charge < -0.3 is 19.6 Å². The Bertz CT molecular complexity index is 743. The zero-order chi connectivity index (χ0) is 18.7. The lowest BCUT2D eigenvalue weighted by molar-refractivity contribution is -0.143. The predicted octanol–water partition coefficient (Wildman–Crippen LogP) is 3.24. The van der Waals surface area contributed by atoms with Crippen LogP contribution in [0.5, 0.6) is 11.5 Å². The molecule has 0 aliphatic heterocycles. The maximum absolute atomic E-state index is 12.0. The number of rotatable bonds is 6. The average Bonchev–Trinajstić information content (AvgIpc) is 3.50. The van der Waals surface area contributed by atoms with Crippen LogP contribution in [0.15, 0.2) is 18.2 Å². The first-order chi connectivity index (χ1) is 12.5. The molecule has 0 amide bonds. The number of benzene rings is 1. The molecular formula is C20H24N2O4. The quantitative estimate of drug-likeness (QED) is 0.790. The first-order valence-corrected chi connectivity index (χ1v) is 8.90. The van der Waals surface area contributed by atoms with E-state index in [0.717, 1.165) is 5.56 Å². The maximum atomic E-state index is 12.0. The second-order valence-electron chi connectivity index (χ2n) is 7.12. The molecule has 2 atom stereocenters. The van der Waals surface area contributed by atoms with E-state index in [4.69, 9.17) is 19.6 Å². The second-order valence-corrected chi connectivity index (χ2v) is 7.12. The number of esters is 1. The summed E-state index contributed by atoms with van der Waals surface area (Å²) in [4.78, 5) is 12.0. The number of hydrogen-bond donors (Lipinski definition) is 1. The molecule has 2 aliphatic carbocycles. The van der Waals surface area contributed by atoms with Crippen molar-refractivity contribution in [3.63, 3.8) is 0 Å². The highest BCUT2D eigenvalue weighted by Crippen LogP contribution is 2.43. The van der Waals surface area contributed by atoms with Crippen LogP contribution in [0, 0.1) is 28.6 Å². The van der Waals surface area contributed by atoms with E-state index in [1.807, 2.05) is 18.2 Å². The lowest BCUT2D eigenvalue weighted by Crippen LogP contribution is -2.40. The number of hydrogen-bond acceptors (Lipinski definition) is 6. The Balaban J connectivity index is 1.91. The van der Waals surface area contributed by atoms with Crippen LogP contribution in [0.25, 0.3) is 0 Å². The van der Waals surface area contributed by atoms with E-state index in [0.29, 0.717) is 42.6 Å². The largest absolute Gasteiger partial charge is 0.493 e. The van der Waals surface area contributed by atoms with Gasteiger partial charge in [-0.1, -0.05) is 6.07 Å². The van der Waals surface area contributed by atoms with Gasteiger partial charge in [0, 0.05) is 5.71 Å². The van der Waals surface area contributed by atoms with Gasteiger partial charge in [0.2, 0.25) is 0 Å². The van der Waals surface area contributed by atoms with Crippen molar-refractivity contribution in [3.05, 3.63) is 23.8 Å². The smallest absolute Gasteiger partial charge is 0.314 e. The molecule has 138 valence electrons. The highest BCUT2D eigenvalue weighted by molar-refractivity contribution is 6.01. The summed E-state index contributed by atoms with van der Waals surface area (Å²) < 4.78 is 16.1. The highest BCUT2D eigenvalue weighted by atomic mass is 16.5. The molecule has 0 saturated heterocycles. The molecule has 26 heavy (non-hydrogen) atoms. The van der Waals surface area contributed by atoms with Gasteiger partial charge in [0.1, 0.15) is 0 Å². The molecule has 2 aliphatic rings. The van der Waals surface area contributed by atoms with Crippen molar-refractivity contribution in [1.82, 2.24) is 0 Å². The van der Waals surface area contributed by atoms with Gasteiger partial charge in [-0.25, -0.2) is 0 Å². The fourth-order valence-corrected chi connectivity index (χ4v) is 3.47. The van der Waals surface area contributed by atoms with Gasteiger partial charge in [-0.05, 0) is 55.7 Å². The lowest BCUT2D eigenvalue weighted by Gasteiger charge is -2.35. The summed E-state index contributed by atoms with van der Waals surface area (Å²) in [6.07, 6.45) is 3.53. The molecule has 1 aromatic carbocycles. The third-order valence-electron chi connectivity index (χ3n) is 5.38. The van der Waals surface area contributed by atoms with Crippen LogP contribution in [0.3, 0.4) is 0 Å². The molecule has 1 aromatic rings. The van der Waals surface area contributed by atoms with Gasteiger partial charge in [-0.2, -0.15) is 5.26 Å². The second kappa shape index (κ2) is 7.36. The number of nitriles is 1. The molecule has 2 saturated carbocycles. The van der Waals surface area contributed by atoms with E-state index in [2.05, 4.69) is 6.07 Å². The fraction of sp³-hybridized carbons (Fsp3) is 0.550. The normalized spacial score (nSPS) is 25.3. The van der Waals surface area contributed by atoms with Crippen molar-refractivity contribution in [2.24, 2.45) is 11.8 Å². The van der Waals surface area contributed by atoms with Crippen molar-refractivity contribution in [1.29, 1.82) is 10.7 Å². The first kappa shape index (κ1) is 18.2. The summed E-state index contributed by atoms with van der Waals surface area (Å²) in [5.74, 6) is 0.740. The van der Waals surface area contributed by atoms with Crippen LogP contribution >= 0.6 is 0 Å². The van der Waals surface area contributed by atoms with Crippen molar-refractivity contribution in [2.75, 3.05) is 20.8 Å². The average molecular weight is 356 g/mol. The first-order valence-electron chi connectivity index (χ1n) is 8.90. The summed E-state index contributed by atoms with van der Waals surface area (Å²) in [7, 11) is 2.91. The Hall–Kier alpha value is -2.55. The van der Waals surface area contributed by atoms with E-state index < -0.39 is 17.3 Å². The Morgan fingerprint density at radius 1 is 1.35 bits per heavy atom. The van der Waals surface area contributed by atoms with E-state index in [-0.39, 0.29) is 6.42 Å². The SMILES string of the molecule is COC(=O)C1CC(C#N)(c2ccc(OC)c(OCC3CC3)c2)CCC1=N. The topological polar surface area (TPSA) is 92.4 Å². The zero-order valence-electron chi connectivity index (χ0n) is 15.2. The van der Waals surface area contributed by atoms with Crippen LogP contribution in [-0.4, -0.2) is 32.5 Å². The molecule has 3 rings (SSSR count). The Morgan fingerprint density at radius 3 is 2.73 bits per heavy atom. The summed E-state index contributed by atoms with van der Waals surface area (Å²) in [6, 6.07) is 7.92. The summed E-state index contributed by atoms with van der Waals surface area (Å²) in [5, 5.41) is 18.0. The molecule has 0 aromatic heterocycles. The summed E-state index contributed by atoms with van der Waals surface area (Å²) in [6.45, 7) is 0.648. The lowest BCUT2D eigenvalue weighted by atomic mass is 9.66. The predicted molar refractivity (Wildman–Crippen MR) is 95.6 cm³/mol. The number of methoxy groups -OCH3 is 2. The zero-order valence-corrected chi connectivity index (χ0v) is 15.2. The van der Waals surface area contributed by atoms with Crippen LogP contribution in [0.4, 0.5) is 0 Å². The van der Waals surface area contributed by atoms with Crippen molar-refractivity contribution >= 4 is 11.7 Å². The molecule has 0 bridgehead atoms. The van der Waals surface area contributed by atoms with Crippen LogP contribution < -0.4 is 9.47 Å². The van der Waals surface area contributed by atoms with Crippen LogP contribution in [0.1, 0.15) is 37.7 Å². The van der Waals surface area contributed by atoms with E-state index in [1.165, 1.54) is 20.0 Å². The number of nitrogens with zero attached hydrogens (tertiary/aromatic N) is 1. The molecular weight excluding hydrogens is 332 g/mol. The maximum Gasteiger partial charge on any atom is 0.314 e. The monoisotopic (exact) mass is 356 g/mol. The van der Waals surface area contributed by atoms with E-state index >= 15 is 0 Å². The molecule has 1 N–H and O–H groups in total. The minimum Gasteiger partial charge on any atom is -0.493 e. The molecule has 0 heterocycles. The molecule has 6 nitrogen and oxygen atoms in total. The third kappa shape index (κ3) is 3.52. The molecule has 6 heteroatoms. The Labute approximate surface area is 153 Å². The highest BCUT2D eigenvalue weighted by Gasteiger charge is 2.44. The standard InChI is InChI=1S/C20H24N2O4/c1-24-17-6-5-14(9-18(17)26-11-13-3-4-13)20(12-21)8-7-16(22)15(10-20)19(23)25-2/h5-6,9,13,15,22H,3-4,7-8,10-11H2,1-2H3. The van der Waals surface area contributed by atoms with Crippen molar-refractivity contribution < 1.29 is 19.0 Å². The van der Waals surface area contributed by atoms with Crippen molar-refractivity contribution in [2.45, 2.75) is 37.5 Å². The van der Waals surface area contributed by atoms with Crippen LogP contribution in [0.2, 0.25) is 0 Å².